The van der Waals surface area contributed by atoms with Crippen molar-refractivity contribution in [3.8, 4) is 5.75 Å². The molecular weight excluding hydrogens is 342 g/mol. The van der Waals surface area contributed by atoms with E-state index in [1.54, 1.807) is 30.5 Å². The third-order valence-corrected chi connectivity index (χ3v) is 3.86. The summed E-state index contributed by atoms with van der Waals surface area (Å²) < 4.78 is 5.27. The van der Waals surface area contributed by atoms with Gasteiger partial charge >= 0.3 is 0 Å². The van der Waals surface area contributed by atoms with Crippen molar-refractivity contribution in [2.24, 2.45) is 0 Å². The highest BCUT2D eigenvalue weighted by atomic mass is 16.5. The van der Waals surface area contributed by atoms with Crippen molar-refractivity contribution in [1.82, 2.24) is 4.98 Å². The average Bonchev–Trinajstić information content (AvgIpc) is 2.66. The first-order valence-electron chi connectivity index (χ1n) is 8.35. The first kappa shape index (κ1) is 18.1. The lowest BCUT2D eigenvalue weighted by molar-refractivity contribution is -0.114. The van der Waals surface area contributed by atoms with E-state index < -0.39 is 0 Å². The molecule has 0 fully saturated rings. The number of carbonyl (C=O) groups excluding carboxylic acids is 2. The minimum atomic E-state index is -0.318. The normalized spacial score (nSPS) is 10.7. The molecule has 0 radical (unpaired) electrons. The summed E-state index contributed by atoms with van der Waals surface area (Å²) in [6.07, 6.45) is 4.88. The molecule has 2 amide bonds. The Morgan fingerprint density at radius 3 is 2.67 bits per heavy atom. The second kappa shape index (κ2) is 8.14. The molecule has 0 atom stereocenters. The summed E-state index contributed by atoms with van der Waals surface area (Å²) in [7, 11) is 1.51. The van der Waals surface area contributed by atoms with E-state index in [4.69, 9.17) is 4.74 Å². The molecule has 136 valence electrons. The number of pyridine rings is 1. The van der Waals surface area contributed by atoms with Crippen LogP contribution in [0.2, 0.25) is 0 Å². The third-order valence-electron chi connectivity index (χ3n) is 3.86. The number of benzene rings is 2. The standard InChI is InChI=1S/C21H19N3O3/c1-14(25)23-17-9-10-19(27-2)18(13-17)24-20(26)11-8-16-6-3-5-15-7-4-12-22-21(15)16/h3-13H,1-2H3,(H,23,25)(H,24,26). The van der Waals surface area contributed by atoms with E-state index in [9.17, 15) is 9.59 Å². The summed E-state index contributed by atoms with van der Waals surface area (Å²) in [5, 5.41) is 6.45. The van der Waals surface area contributed by atoms with Gasteiger partial charge in [-0.1, -0.05) is 24.3 Å². The topological polar surface area (TPSA) is 80.3 Å². The fraction of sp³-hybridized carbons (Fsp3) is 0.0952. The van der Waals surface area contributed by atoms with Gasteiger partial charge in [-0.05, 0) is 30.3 Å². The second-order valence-corrected chi connectivity index (χ2v) is 5.84. The van der Waals surface area contributed by atoms with Crippen LogP contribution in [0.15, 0.2) is 60.8 Å². The number of nitrogens with zero attached hydrogens (tertiary/aromatic N) is 1. The molecule has 1 aromatic heterocycles. The zero-order chi connectivity index (χ0) is 19.2. The Hall–Kier alpha value is -3.67. The highest BCUT2D eigenvalue weighted by Crippen LogP contribution is 2.28. The predicted molar refractivity (Wildman–Crippen MR) is 107 cm³/mol. The number of amides is 2. The number of anilines is 2. The molecule has 6 heteroatoms. The van der Waals surface area contributed by atoms with E-state index >= 15 is 0 Å². The van der Waals surface area contributed by atoms with Crippen LogP contribution in [-0.4, -0.2) is 23.9 Å². The largest absolute Gasteiger partial charge is 0.495 e. The lowest BCUT2D eigenvalue weighted by Crippen LogP contribution is -2.10. The van der Waals surface area contributed by atoms with Crippen LogP contribution in [0.25, 0.3) is 17.0 Å². The van der Waals surface area contributed by atoms with Crippen molar-refractivity contribution in [1.29, 1.82) is 0 Å². The molecule has 3 rings (SSSR count). The summed E-state index contributed by atoms with van der Waals surface area (Å²) >= 11 is 0. The highest BCUT2D eigenvalue weighted by Gasteiger charge is 2.08. The Balaban J connectivity index is 1.80. The van der Waals surface area contributed by atoms with Crippen molar-refractivity contribution in [2.75, 3.05) is 17.7 Å². The van der Waals surface area contributed by atoms with Gasteiger partial charge in [0.1, 0.15) is 5.75 Å². The molecule has 2 N–H and O–H groups in total. The summed E-state index contributed by atoms with van der Waals surface area (Å²) in [4.78, 5) is 27.9. The van der Waals surface area contributed by atoms with Gasteiger partial charge in [0.05, 0.1) is 18.3 Å². The van der Waals surface area contributed by atoms with E-state index in [0.29, 0.717) is 17.1 Å². The monoisotopic (exact) mass is 361 g/mol. The first-order chi connectivity index (χ1) is 13.1. The zero-order valence-corrected chi connectivity index (χ0v) is 15.0. The Labute approximate surface area is 156 Å². The number of methoxy groups -OCH3 is 1. The molecule has 6 nitrogen and oxygen atoms in total. The second-order valence-electron chi connectivity index (χ2n) is 5.84. The van der Waals surface area contributed by atoms with Crippen molar-refractivity contribution < 1.29 is 14.3 Å². The first-order valence-corrected chi connectivity index (χ1v) is 8.35. The van der Waals surface area contributed by atoms with Crippen molar-refractivity contribution >= 4 is 40.2 Å². The molecular formula is C21H19N3O3. The SMILES string of the molecule is COc1ccc(NC(C)=O)cc1NC(=O)C=Cc1cccc2cccnc12. The molecule has 1 heterocycles. The van der Waals surface area contributed by atoms with Gasteiger partial charge in [-0.15, -0.1) is 0 Å². The smallest absolute Gasteiger partial charge is 0.248 e. The number of ether oxygens (including phenoxy) is 1. The van der Waals surface area contributed by atoms with Crippen molar-refractivity contribution in [2.45, 2.75) is 6.92 Å². The van der Waals surface area contributed by atoms with Gasteiger partial charge in [-0.3, -0.25) is 14.6 Å². The zero-order valence-electron chi connectivity index (χ0n) is 15.0. The Morgan fingerprint density at radius 2 is 1.89 bits per heavy atom. The summed E-state index contributed by atoms with van der Waals surface area (Å²) in [5.41, 5.74) is 2.71. The number of rotatable bonds is 5. The van der Waals surface area contributed by atoms with Crippen LogP contribution in [0, 0.1) is 0 Å². The van der Waals surface area contributed by atoms with Crippen LogP contribution in [0.5, 0.6) is 5.75 Å². The number of aromatic nitrogens is 1. The highest BCUT2D eigenvalue weighted by molar-refractivity contribution is 6.04. The maximum atomic E-state index is 12.4. The molecule has 0 aliphatic carbocycles. The van der Waals surface area contributed by atoms with E-state index in [2.05, 4.69) is 15.6 Å². The van der Waals surface area contributed by atoms with Crippen LogP contribution in [0.4, 0.5) is 11.4 Å². The summed E-state index contributed by atoms with van der Waals surface area (Å²) in [6, 6.07) is 14.7. The minimum Gasteiger partial charge on any atom is -0.495 e. The van der Waals surface area contributed by atoms with E-state index in [1.807, 2.05) is 30.3 Å². The fourth-order valence-corrected chi connectivity index (χ4v) is 2.69. The van der Waals surface area contributed by atoms with Gasteiger partial charge in [0.25, 0.3) is 0 Å². The quantitative estimate of drug-likeness (QED) is 0.677. The number of hydrogen-bond acceptors (Lipinski definition) is 4. The molecule has 2 aromatic carbocycles. The van der Waals surface area contributed by atoms with Gasteiger partial charge in [-0.25, -0.2) is 0 Å². The fourth-order valence-electron chi connectivity index (χ4n) is 2.69. The molecule has 0 spiro atoms. The number of para-hydroxylation sites is 1. The van der Waals surface area contributed by atoms with Gasteiger partial charge < -0.3 is 15.4 Å². The van der Waals surface area contributed by atoms with Crippen LogP contribution < -0.4 is 15.4 Å². The molecule has 0 saturated heterocycles. The Kier molecular flexibility index (Phi) is 5.47. The molecule has 0 aliphatic rings. The number of hydrogen-bond donors (Lipinski definition) is 2. The minimum absolute atomic E-state index is 0.194. The van der Waals surface area contributed by atoms with Crippen LogP contribution in [0.1, 0.15) is 12.5 Å². The maximum absolute atomic E-state index is 12.4. The van der Waals surface area contributed by atoms with E-state index in [0.717, 1.165) is 16.5 Å². The van der Waals surface area contributed by atoms with Gasteiger partial charge in [0, 0.05) is 35.8 Å². The third kappa shape index (κ3) is 4.49. The Morgan fingerprint density at radius 1 is 1.07 bits per heavy atom. The van der Waals surface area contributed by atoms with Crippen LogP contribution in [-0.2, 0) is 9.59 Å². The lowest BCUT2D eigenvalue weighted by atomic mass is 10.1. The predicted octanol–water partition coefficient (Wildman–Crippen LogP) is 3.85. The number of carbonyl (C=O) groups is 2. The maximum Gasteiger partial charge on any atom is 0.248 e. The molecule has 3 aromatic rings. The number of fused-ring (bicyclic) bond motifs is 1. The van der Waals surface area contributed by atoms with Gasteiger partial charge in [-0.2, -0.15) is 0 Å². The summed E-state index contributed by atoms with van der Waals surface area (Å²) in [5.74, 6) is -0.0142. The van der Waals surface area contributed by atoms with Gasteiger partial charge in [0.15, 0.2) is 0 Å². The molecule has 0 bridgehead atoms. The van der Waals surface area contributed by atoms with Gasteiger partial charge in [0.2, 0.25) is 11.8 Å². The van der Waals surface area contributed by atoms with Crippen LogP contribution >= 0.6 is 0 Å². The van der Waals surface area contributed by atoms with Crippen LogP contribution in [0.3, 0.4) is 0 Å². The summed E-state index contributed by atoms with van der Waals surface area (Å²) in [6.45, 7) is 1.42. The van der Waals surface area contributed by atoms with E-state index in [1.165, 1.54) is 20.1 Å². The Bertz CT molecular complexity index is 1020. The molecule has 0 unspecified atom stereocenters. The molecule has 0 aliphatic heterocycles. The van der Waals surface area contributed by atoms with Crippen molar-refractivity contribution in [3.05, 3.63) is 66.4 Å². The number of nitrogens with one attached hydrogen (secondary N) is 2. The van der Waals surface area contributed by atoms with Crippen molar-refractivity contribution in [3.63, 3.8) is 0 Å². The van der Waals surface area contributed by atoms with E-state index in [-0.39, 0.29) is 11.8 Å². The average molecular weight is 361 g/mol. The molecule has 0 saturated carbocycles. The molecule has 27 heavy (non-hydrogen) atoms. The lowest BCUT2D eigenvalue weighted by Gasteiger charge is -2.11.